The predicted octanol–water partition coefficient (Wildman–Crippen LogP) is 6.07. The van der Waals surface area contributed by atoms with E-state index in [1.54, 1.807) is 18.2 Å². The monoisotopic (exact) mass is 502 g/mol. The molecule has 0 spiro atoms. The first-order chi connectivity index (χ1) is 16.5. The highest BCUT2D eigenvalue weighted by molar-refractivity contribution is 7.99. The molecule has 1 saturated heterocycles. The number of aliphatic carboxylic acids is 1. The molecular formula is C26H25F3N2O3S. The van der Waals surface area contributed by atoms with Crippen LogP contribution in [0.3, 0.4) is 0 Å². The van der Waals surface area contributed by atoms with Crippen LogP contribution in [-0.2, 0) is 11.0 Å². The number of hydrogen-bond donors (Lipinski definition) is 2. The summed E-state index contributed by atoms with van der Waals surface area (Å²) >= 11 is 1.09. The van der Waals surface area contributed by atoms with Gasteiger partial charge < -0.3 is 15.1 Å². The largest absolute Gasteiger partial charge is 0.480 e. The van der Waals surface area contributed by atoms with Crippen molar-refractivity contribution in [3.63, 3.8) is 0 Å². The molecule has 0 saturated carbocycles. The third-order valence-corrected chi connectivity index (χ3v) is 7.15. The number of β-amino-alcohol motifs (C(OH)–C–C–N with tert-alkyl or cyclic N) is 1. The summed E-state index contributed by atoms with van der Waals surface area (Å²) in [6.07, 6.45) is -3.88. The van der Waals surface area contributed by atoms with E-state index in [0.29, 0.717) is 16.9 Å². The topological polar surface area (TPSA) is 73.7 Å². The number of halogens is 3. The zero-order valence-electron chi connectivity index (χ0n) is 19.2. The average molecular weight is 503 g/mol. The van der Waals surface area contributed by atoms with E-state index in [9.17, 15) is 28.2 Å². The van der Waals surface area contributed by atoms with Gasteiger partial charge in [-0.1, -0.05) is 49.9 Å². The molecule has 1 aromatic heterocycles. The van der Waals surface area contributed by atoms with E-state index in [4.69, 9.17) is 0 Å². The fourth-order valence-electron chi connectivity index (χ4n) is 4.25. The first-order valence-corrected chi connectivity index (χ1v) is 12.0. The van der Waals surface area contributed by atoms with E-state index < -0.39 is 29.9 Å². The highest BCUT2D eigenvalue weighted by Gasteiger charge is 2.37. The van der Waals surface area contributed by atoms with Crippen molar-refractivity contribution in [2.75, 3.05) is 11.4 Å². The highest BCUT2D eigenvalue weighted by atomic mass is 32.2. The zero-order chi connectivity index (χ0) is 25.3. The molecule has 2 aromatic carbocycles. The van der Waals surface area contributed by atoms with Gasteiger partial charge in [-0.2, -0.15) is 13.2 Å². The van der Waals surface area contributed by atoms with Crippen LogP contribution in [0.4, 0.5) is 19.0 Å². The van der Waals surface area contributed by atoms with Crippen LogP contribution >= 0.6 is 11.8 Å². The van der Waals surface area contributed by atoms with Crippen molar-refractivity contribution >= 4 is 23.5 Å². The molecule has 0 bridgehead atoms. The smallest absolute Gasteiger partial charge is 0.417 e. The summed E-state index contributed by atoms with van der Waals surface area (Å²) in [5, 5.41) is 19.4. The second-order valence-electron chi connectivity index (χ2n) is 8.80. The van der Waals surface area contributed by atoms with Crippen LogP contribution in [0.1, 0.15) is 37.3 Å². The number of pyridine rings is 1. The number of carboxylic acid groups (broad SMARTS) is 1. The van der Waals surface area contributed by atoms with E-state index in [-0.39, 0.29) is 23.8 Å². The van der Waals surface area contributed by atoms with Gasteiger partial charge in [0.05, 0.1) is 11.7 Å². The molecule has 5 nitrogen and oxygen atoms in total. The highest BCUT2D eigenvalue weighted by Crippen LogP contribution is 2.43. The molecule has 0 unspecified atom stereocenters. The van der Waals surface area contributed by atoms with E-state index in [1.165, 1.54) is 17.2 Å². The standard InChI is InChI=1S/C26H25F3N2O3S/c1-15(2)19-5-3-4-6-22(19)35-23-8-7-16(11-20(23)26(27,28)29)17-9-10-30-24(12-17)31-14-18(32)13-21(31)25(33)34/h3-12,15,18,21,32H,13-14H2,1-2H3,(H,33,34)/t18-,21+/m1/s1. The van der Waals surface area contributed by atoms with Crippen molar-refractivity contribution in [2.45, 2.75) is 54.3 Å². The second kappa shape index (κ2) is 9.91. The third-order valence-electron chi connectivity index (χ3n) is 5.98. The van der Waals surface area contributed by atoms with Gasteiger partial charge >= 0.3 is 12.1 Å². The van der Waals surface area contributed by atoms with Gasteiger partial charge in [-0.15, -0.1) is 0 Å². The fourth-order valence-corrected chi connectivity index (χ4v) is 5.47. The number of anilines is 1. The lowest BCUT2D eigenvalue weighted by molar-refractivity contribution is -0.140. The molecule has 0 aliphatic carbocycles. The maximum Gasteiger partial charge on any atom is 0.417 e. The Hall–Kier alpha value is -3.04. The summed E-state index contributed by atoms with van der Waals surface area (Å²) < 4.78 is 42.3. The van der Waals surface area contributed by atoms with Crippen LogP contribution < -0.4 is 4.90 Å². The number of hydrogen-bond acceptors (Lipinski definition) is 5. The van der Waals surface area contributed by atoms with Crippen LogP contribution in [0.25, 0.3) is 11.1 Å². The van der Waals surface area contributed by atoms with E-state index in [0.717, 1.165) is 28.3 Å². The summed E-state index contributed by atoms with van der Waals surface area (Å²) in [5.74, 6) is -0.623. The molecule has 184 valence electrons. The minimum Gasteiger partial charge on any atom is -0.480 e. The molecule has 2 atom stereocenters. The van der Waals surface area contributed by atoms with Gasteiger partial charge in [0.25, 0.3) is 0 Å². The van der Waals surface area contributed by atoms with Gasteiger partial charge in [0, 0.05) is 29.0 Å². The van der Waals surface area contributed by atoms with Crippen LogP contribution in [-0.4, -0.2) is 39.9 Å². The molecule has 0 amide bonds. The van der Waals surface area contributed by atoms with Crippen molar-refractivity contribution < 1.29 is 28.2 Å². The Morgan fingerprint density at radius 3 is 2.49 bits per heavy atom. The second-order valence-corrected chi connectivity index (χ2v) is 9.89. The van der Waals surface area contributed by atoms with E-state index >= 15 is 0 Å². The Morgan fingerprint density at radius 2 is 1.80 bits per heavy atom. The molecule has 2 heterocycles. The molecule has 2 N–H and O–H groups in total. The number of carbonyl (C=O) groups is 1. The first-order valence-electron chi connectivity index (χ1n) is 11.2. The number of rotatable bonds is 6. The van der Waals surface area contributed by atoms with Gasteiger partial charge in [-0.25, -0.2) is 9.78 Å². The Kier molecular flexibility index (Phi) is 7.10. The van der Waals surface area contributed by atoms with Gasteiger partial charge in [0.2, 0.25) is 0 Å². The molecule has 1 fully saturated rings. The Bertz CT molecular complexity index is 1230. The number of aliphatic hydroxyl groups is 1. The lowest BCUT2D eigenvalue weighted by Gasteiger charge is -2.23. The number of aliphatic hydroxyl groups excluding tert-OH is 1. The molecule has 3 aromatic rings. The van der Waals surface area contributed by atoms with Crippen molar-refractivity contribution in [3.8, 4) is 11.1 Å². The SMILES string of the molecule is CC(C)c1ccccc1Sc1ccc(-c2ccnc(N3C[C@H](O)C[C@H]3C(=O)O)c2)cc1C(F)(F)F. The number of benzene rings is 2. The van der Waals surface area contributed by atoms with Gasteiger partial charge in [0.15, 0.2) is 0 Å². The minimum absolute atomic E-state index is 0.0588. The van der Waals surface area contributed by atoms with Crippen molar-refractivity contribution in [2.24, 2.45) is 0 Å². The fraction of sp³-hybridized carbons (Fsp3) is 0.308. The number of aromatic nitrogens is 1. The minimum atomic E-state index is -4.56. The van der Waals surface area contributed by atoms with E-state index in [2.05, 4.69) is 4.98 Å². The molecular weight excluding hydrogens is 477 g/mol. The summed E-state index contributed by atoms with van der Waals surface area (Å²) in [6.45, 7) is 4.09. The Morgan fingerprint density at radius 1 is 1.09 bits per heavy atom. The van der Waals surface area contributed by atoms with Crippen LogP contribution in [0.5, 0.6) is 0 Å². The lowest BCUT2D eigenvalue weighted by Crippen LogP contribution is -2.36. The molecule has 1 aliphatic rings. The van der Waals surface area contributed by atoms with Crippen LogP contribution in [0, 0.1) is 0 Å². The maximum absolute atomic E-state index is 14.1. The number of alkyl halides is 3. The van der Waals surface area contributed by atoms with Gasteiger partial charge in [-0.3, -0.25) is 0 Å². The molecule has 35 heavy (non-hydrogen) atoms. The summed E-state index contributed by atoms with van der Waals surface area (Å²) in [4.78, 5) is 18.1. The quantitative estimate of drug-likeness (QED) is 0.427. The Labute approximate surface area is 205 Å². The predicted molar refractivity (Wildman–Crippen MR) is 129 cm³/mol. The van der Waals surface area contributed by atoms with Crippen LogP contribution in [0.2, 0.25) is 0 Å². The normalized spacial score (nSPS) is 18.3. The molecule has 0 radical (unpaired) electrons. The summed E-state index contributed by atoms with van der Waals surface area (Å²) in [5.41, 5.74) is 1.06. The molecule has 1 aliphatic heterocycles. The maximum atomic E-state index is 14.1. The van der Waals surface area contributed by atoms with Gasteiger partial charge in [-0.05, 0) is 52.9 Å². The summed E-state index contributed by atoms with van der Waals surface area (Å²) in [6, 6.07) is 13.9. The Balaban J connectivity index is 1.71. The average Bonchev–Trinajstić information content (AvgIpc) is 3.21. The van der Waals surface area contributed by atoms with E-state index in [1.807, 2.05) is 38.1 Å². The molecule has 9 heteroatoms. The van der Waals surface area contributed by atoms with Gasteiger partial charge in [0.1, 0.15) is 11.9 Å². The van der Waals surface area contributed by atoms with Crippen molar-refractivity contribution in [1.82, 2.24) is 4.98 Å². The molecule has 4 rings (SSSR count). The third kappa shape index (κ3) is 5.46. The zero-order valence-corrected chi connectivity index (χ0v) is 20.0. The van der Waals surface area contributed by atoms with Crippen molar-refractivity contribution in [3.05, 3.63) is 71.9 Å². The van der Waals surface area contributed by atoms with Crippen molar-refractivity contribution in [1.29, 1.82) is 0 Å². The van der Waals surface area contributed by atoms with Crippen LogP contribution in [0.15, 0.2) is 70.6 Å². The number of nitrogens with zero attached hydrogens (tertiary/aromatic N) is 2. The number of carboxylic acids is 1. The first kappa shape index (κ1) is 25.1. The lowest BCUT2D eigenvalue weighted by atomic mass is 10.0. The summed E-state index contributed by atoms with van der Waals surface area (Å²) in [7, 11) is 0.